The van der Waals surface area contributed by atoms with Crippen molar-refractivity contribution in [2.24, 2.45) is 0 Å². The SMILES string of the molecule is CO[Si](C)(C)Oc1ccc(C(C)(C)c2ccc(O[Si](OC)(OC)OC)cc2)cc1. The quantitative estimate of drug-likeness (QED) is 0.512. The Morgan fingerprint density at radius 1 is 0.586 bits per heavy atom. The van der Waals surface area contributed by atoms with Crippen LogP contribution in [0.2, 0.25) is 13.1 Å². The zero-order valence-corrected chi connectivity index (χ0v) is 20.6. The average molecular weight is 437 g/mol. The third kappa shape index (κ3) is 5.68. The summed E-state index contributed by atoms with van der Waals surface area (Å²) in [4.78, 5) is 0. The minimum Gasteiger partial charge on any atom is -0.520 e. The Bertz CT molecular complexity index is 762. The van der Waals surface area contributed by atoms with Gasteiger partial charge in [-0.05, 0) is 48.5 Å². The van der Waals surface area contributed by atoms with E-state index in [1.807, 2.05) is 49.5 Å². The molecule has 0 saturated carbocycles. The molecule has 0 fully saturated rings. The van der Waals surface area contributed by atoms with E-state index >= 15 is 0 Å². The van der Waals surface area contributed by atoms with Crippen molar-refractivity contribution >= 4 is 17.6 Å². The third-order valence-corrected chi connectivity index (χ3v) is 8.70. The number of hydrogen-bond acceptors (Lipinski definition) is 6. The van der Waals surface area contributed by atoms with Crippen molar-refractivity contribution in [2.45, 2.75) is 32.4 Å². The van der Waals surface area contributed by atoms with E-state index in [1.54, 1.807) is 7.11 Å². The molecule has 0 atom stereocenters. The molecule has 2 aromatic carbocycles. The van der Waals surface area contributed by atoms with Gasteiger partial charge in [-0.1, -0.05) is 38.1 Å². The Kier molecular flexibility index (Phi) is 7.66. The van der Waals surface area contributed by atoms with Gasteiger partial charge in [0, 0.05) is 33.9 Å². The summed E-state index contributed by atoms with van der Waals surface area (Å²) < 4.78 is 33.2. The maximum absolute atomic E-state index is 5.99. The second kappa shape index (κ2) is 9.42. The Morgan fingerprint density at radius 3 is 1.31 bits per heavy atom. The normalized spacial score (nSPS) is 12.7. The van der Waals surface area contributed by atoms with Crippen LogP contribution in [0.5, 0.6) is 11.5 Å². The standard InChI is InChI=1S/C21H32O6Si2/c1-21(2,17-9-13-19(14-10-17)26-28(7,8)22-3)18-11-15-20(16-12-18)27-29(23-4,24-5)25-6/h9-16H,1-8H3. The van der Waals surface area contributed by atoms with Gasteiger partial charge in [0.1, 0.15) is 11.5 Å². The average Bonchev–Trinajstić information content (AvgIpc) is 2.72. The van der Waals surface area contributed by atoms with E-state index in [9.17, 15) is 0 Å². The zero-order chi connectivity index (χ0) is 21.7. The van der Waals surface area contributed by atoms with Crippen molar-refractivity contribution in [2.75, 3.05) is 28.4 Å². The summed E-state index contributed by atoms with van der Waals surface area (Å²) in [6, 6.07) is 16.1. The van der Waals surface area contributed by atoms with E-state index in [0.717, 1.165) is 11.3 Å². The van der Waals surface area contributed by atoms with Crippen molar-refractivity contribution in [3.63, 3.8) is 0 Å². The van der Waals surface area contributed by atoms with E-state index in [4.69, 9.17) is 26.6 Å². The van der Waals surface area contributed by atoms with Gasteiger partial charge in [0.05, 0.1) is 0 Å². The van der Waals surface area contributed by atoms with Gasteiger partial charge in [-0.3, -0.25) is 0 Å². The van der Waals surface area contributed by atoms with Gasteiger partial charge in [-0.15, -0.1) is 0 Å². The molecule has 2 rings (SSSR count). The highest BCUT2D eigenvalue weighted by atomic mass is 28.4. The maximum Gasteiger partial charge on any atom is 0.748 e. The van der Waals surface area contributed by atoms with Crippen molar-refractivity contribution in [1.29, 1.82) is 0 Å². The minimum absolute atomic E-state index is 0.191. The highest BCUT2D eigenvalue weighted by Gasteiger charge is 2.45. The van der Waals surface area contributed by atoms with Crippen LogP contribution in [0.3, 0.4) is 0 Å². The van der Waals surface area contributed by atoms with Crippen molar-refractivity contribution in [1.82, 2.24) is 0 Å². The van der Waals surface area contributed by atoms with Crippen LogP contribution in [-0.2, 0) is 23.1 Å². The van der Waals surface area contributed by atoms with Crippen LogP contribution >= 0.6 is 0 Å². The molecular weight excluding hydrogens is 404 g/mol. The van der Waals surface area contributed by atoms with Gasteiger partial charge < -0.3 is 26.6 Å². The largest absolute Gasteiger partial charge is 0.748 e. The van der Waals surface area contributed by atoms with E-state index in [1.165, 1.54) is 26.9 Å². The summed E-state index contributed by atoms with van der Waals surface area (Å²) in [6.45, 7) is 8.40. The van der Waals surface area contributed by atoms with Crippen LogP contribution in [-0.4, -0.2) is 46.0 Å². The maximum atomic E-state index is 5.99. The molecular formula is C21H32O6Si2. The van der Waals surface area contributed by atoms with Gasteiger partial charge in [-0.25, -0.2) is 0 Å². The lowest BCUT2D eigenvalue weighted by molar-refractivity contribution is 0.0510. The Hall–Kier alpha value is -1.69. The Balaban J connectivity index is 2.18. The molecule has 0 saturated heterocycles. The van der Waals surface area contributed by atoms with Gasteiger partial charge in [-0.2, -0.15) is 0 Å². The molecule has 0 radical (unpaired) electrons. The smallest absolute Gasteiger partial charge is 0.520 e. The second-order valence-corrected chi connectivity index (χ2v) is 13.4. The molecule has 0 spiro atoms. The molecule has 0 bridgehead atoms. The van der Waals surface area contributed by atoms with Gasteiger partial charge in [0.25, 0.3) is 0 Å². The van der Waals surface area contributed by atoms with Crippen LogP contribution in [0.25, 0.3) is 0 Å². The summed E-state index contributed by atoms with van der Waals surface area (Å²) in [5, 5.41) is 0. The summed E-state index contributed by atoms with van der Waals surface area (Å²) in [7, 11) is 0.975. The highest BCUT2D eigenvalue weighted by molar-refractivity contribution is 6.65. The second-order valence-electron chi connectivity index (χ2n) is 7.59. The predicted octanol–water partition coefficient (Wildman–Crippen LogP) is 4.49. The first kappa shape index (κ1) is 23.6. The molecule has 0 aromatic heterocycles. The van der Waals surface area contributed by atoms with Crippen molar-refractivity contribution < 1.29 is 26.6 Å². The molecule has 0 aliphatic heterocycles. The molecule has 0 aliphatic carbocycles. The molecule has 0 aliphatic rings. The van der Waals surface area contributed by atoms with E-state index in [2.05, 4.69) is 26.0 Å². The Morgan fingerprint density at radius 2 is 0.966 bits per heavy atom. The molecule has 0 amide bonds. The molecule has 0 unspecified atom stereocenters. The first-order valence-electron chi connectivity index (χ1n) is 9.41. The van der Waals surface area contributed by atoms with E-state index < -0.39 is 17.6 Å². The van der Waals surface area contributed by atoms with Crippen molar-refractivity contribution in [3.8, 4) is 11.5 Å². The predicted molar refractivity (Wildman–Crippen MR) is 118 cm³/mol. The number of rotatable bonds is 10. The highest BCUT2D eigenvalue weighted by Crippen LogP contribution is 2.34. The van der Waals surface area contributed by atoms with Crippen LogP contribution in [0, 0.1) is 0 Å². The lowest BCUT2D eigenvalue weighted by Gasteiger charge is -2.28. The third-order valence-electron chi connectivity index (χ3n) is 5.00. The first-order valence-corrected chi connectivity index (χ1v) is 13.9. The molecule has 29 heavy (non-hydrogen) atoms. The van der Waals surface area contributed by atoms with Gasteiger partial charge >= 0.3 is 17.6 Å². The topological polar surface area (TPSA) is 55.4 Å². The zero-order valence-electron chi connectivity index (χ0n) is 18.6. The molecule has 8 heteroatoms. The summed E-state index contributed by atoms with van der Waals surface area (Å²) in [5.41, 5.74) is 2.15. The molecule has 2 aromatic rings. The fourth-order valence-electron chi connectivity index (χ4n) is 2.89. The Labute approximate surface area is 176 Å². The number of benzene rings is 2. The fraction of sp³-hybridized carbons (Fsp3) is 0.429. The van der Waals surface area contributed by atoms with Crippen LogP contribution in [0.1, 0.15) is 25.0 Å². The summed E-state index contributed by atoms with van der Waals surface area (Å²) >= 11 is 0. The molecule has 160 valence electrons. The molecule has 6 nitrogen and oxygen atoms in total. The van der Waals surface area contributed by atoms with Gasteiger partial charge in [0.15, 0.2) is 0 Å². The van der Waals surface area contributed by atoms with Crippen LogP contribution < -0.4 is 8.85 Å². The summed E-state index contributed by atoms with van der Waals surface area (Å²) in [6.07, 6.45) is 0. The lowest BCUT2D eigenvalue weighted by atomic mass is 9.78. The van der Waals surface area contributed by atoms with E-state index in [-0.39, 0.29) is 5.41 Å². The number of hydrogen-bond donors (Lipinski definition) is 0. The monoisotopic (exact) mass is 436 g/mol. The van der Waals surface area contributed by atoms with Gasteiger partial charge in [0.2, 0.25) is 0 Å². The first-order chi connectivity index (χ1) is 13.6. The molecule has 0 heterocycles. The van der Waals surface area contributed by atoms with Crippen LogP contribution in [0.15, 0.2) is 48.5 Å². The van der Waals surface area contributed by atoms with Crippen LogP contribution in [0.4, 0.5) is 0 Å². The minimum atomic E-state index is -3.14. The summed E-state index contributed by atoms with van der Waals surface area (Å²) in [5.74, 6) is 1.46. The van der Waals surface area contributed by atoms with Crippen molar-refractivity contribution in [3.05, 3.63) is 59.7 Å². The van der Waals surface area contributed by atoms with E-state index in [0.29, 0.717) is 5.75 Å². The fourth-order valence-corrected chi connectivity index (χ4v) is 4.85. The molecule has 0 N–H and O–H groups in total. The lowest BCUT2D eigenvalue weighted by Crippen LogP contribution is -2.49.